The quantitative estimate of drug-likeness (QED) is 0.300. The zero-order valence-corrected chi connectivity index (χ0v) is 24.5. The van der Waals surface area contributed by atoms with Gasteiger partial charge in [-0.2, -0.15) is 18.2 Å². The molecule has 2 atom stereocenters. The molecular formula is C30H29F5N8O2. The van der Waals surface area contributed by atoms with Crippen LogP contribution in [0.25, 0.3) is 10.4 Å². The van der Waals surface area contributed by atoms with Crippen LogP contribution >= 0.6 is 0 Å². The highest BCUT2D eigenvalue weighted by Crippen LogP contribution is 2.40. The van der Waals surface area contributed by atoms with Gasteiger partial charge in [0.2, 0.25) is 5.56 Å². The van der Waals surface area contributed by atoms with E-state index >= 15 is 8.78 Å². The predicted molar refractivity (Wildman–Crippen MR) is 158 cm³/mol. The summed E-state index contributed by atoms with van der Waals surface area (Å²) in [6, 6.07) is 2.87. The Labute approximate surface area is 255 Å². The van der Waals surface area contributed by atoms with Crippen molar-refractivity contribution in [3.8, 4) is 0 Å². The van der Waals surface area contributed by atoms with Crippen LogP contribution in [0.3, 0.4) is 0 Å². The number of benzene rings is 1. The lowest BCUT2D eigenvalue weighted by atomic mass is 9.96. The molecule has 2 aliphatic heterocycles. The van der Waals surface area contributed by atoms with Gasteiger partial charge in [-0.25, -0.2) is 8.78 Å². The molecule has 1 saturated heterocycles. The highest BCUT2D eigenvalue weighted by Gasteiger charge is 2.37. The fraction of sp³-hybridized carbons (Fsp3) is 0.367. The second-order valence-corrected chi connectivity index (χ2v) is 11.0. The van der Waals surface area contributed by atoms with Crippen LogP contribution in [-0.2, 0) is 6.18 Å². The summed E-state index contributed by atoms with van der Waals surface area (Å²) >= 11 is 0. The van der Waals surface area contributed by atoms with Crippen molar-refractivity contribution >= 4 is 34.6 Å². The van der Waals surface area contributed by atoms with Crippen LogP contribution in [0, 0.1) is 18.2 Å². The molecule has 45 heavy (non-hydrogen) atoms. The first-order chi connectivity index (χ1) is 21.3. The molecule has 0 aliphatic carbocycles. The summed E-state index contributed by atoms with van der Waals surface area (Å²) in [5.74, 6) is -2.92. The second-order valence-electron chi connectivity index (χ2n) is 11.0. The number of H-pyrrole nitrogens is 1. The third-order valence-corrected chi connectivity index (χ3v) is 8.19. The van der Waals surface area contributed by atoms with Gasteiger partial charge in [0.05, 0.1) is 28.6 Å². The van der Waals surface area contributed by atoms with E-state index in [9.17, 15) is 22.8 Å². The fourth-order valence-corrected chi connectivity index (χ4v) is 5.62. The lowest BCUT2D eigenvalue weighted by Gasteiger charge is -2.44. The molecule has 1 aromatic carbocycles. The first-order valence-corrected chi connectivity index (χ1v) is 14.0. The highest BCUT2D eigenvalue weighted by molar-refractivity contribution is 6.07. The third kappa shape index (κ3) is 6.37. The standard InChI is InChI=1S/C30H29F5N8O2/c1-16-14-43(15-17(2)41(16)4)22-12-21(31)25(18-6-9-42(10-7-18)23-5-8-37-29(36-3)39-23)26(32)27(22)40-28(45)19-13-38-24(44)11-20(19)30(33,34)35/h5-6,8,11-13,16-17H,7,9-10,14-15H2,1-2,4H3,(H,38,44)(H,40,45)/t16-,17+. The van der Waals surface area contributed by atoms with Gasteiger partial charge in [-0.1, -0.05) is 6.08 Å². The van der Waals surface area contributed by atoms with E-state index in [1.54, 1.807) is 21.9 Å². The molecule has 10 nitrogen and oxygen atoms in total. The van der Waals surface area contributed by atoms with Crippen LogP contribution in [0.1, 0.15) is 41.8 Å². The van der Waals surface area contributed by atoms with E-state index in [0.717, 1.165) is 6.07 Å². The van der Waals surface area contributed by atoms with Gasteiger partial charge in [-0.05, 0) is 32.9 Å². The number of nitrogens with one attached hydrogen (secondary N) is 2. The number of aromatic nitrogens is 3. The SMILES string of the molecule is [C-]#[N+]c1nccc(N2CC=C(c3c(F)cc(N4C[C@@H](C)N(C)[C@@H](C)C4)c(NC(=O)c4c[nH]c(=O)cc4C(F)(F)F)c3F)CC2)n1. The minimum absolute atomic E-state index is 0.0161. The number of carbonyl (C=O) groups excluding carboxylic acids is 1. The molecule has 3 aromatic rings. The largest absolute Gasteiger partial charge is 0.417 e. The van der Waals surface area contributed by atoms with Gasteiger partial charge in [0, 0.05) is 62.7 Å². The molecule has 1 fully saturated rings. The molecule has 15 heteroatoms. The van der Waals surface area contributed by atoms with E-state index in [1.165, 1.54) is 6.20 Å². The number of amides is 1. The average molecular weight is 629 g/mol. The van der Waals surface area contributed by atoms with E-state index in [0.29, 0.717) is 37.2 Å². The predicted octanol–water partition coefficient (Wildman–Crippen LogP) is 5.09. The molecule has 2 aliphatic rings. The number of alkyl halides is 3. The zero-order valence-electron chi connectivity index (χ0n) is 24.5. The lowest BCUT2D eigenvalue weighted by Crippen LogP contribution is -2.55. The summed E-state index contributed by atoms with van der Waals surface area (Å²) in [6.45, 7) is 12.1. The summed E-state index contributed by atoms with van der Waals surface area (Å²) in [5.41, 5.74) is -4.08. The van der Waals surface area contributed by atoms with Crippen molar-refractivity contribution < 1.29 is 26.7 Å². The second kappa shape index (κ2) is 12.3. The van der Waals surface area contributed by atoms with Crippen LogP contribution in [0.2, 0.25) is 0 Å². The first-order valence-electron chi connectivity index (χ1n) is 14.0. The van der Waals surface area contributed by atoms with Gasteiger partial charge in [0.1, 0.15) is 11.5 Å². The summed E-state index contributed by atoms with van der Waals surface area (Å²) in [4.78, 5) is 43.8. The molecule has 0 radical (unpaired) electrons. The minimum Gasteiger partial charge on any atom is -0.394 e. The Kier molecular flexibility index (Phi) is 8.61. The molecule has 0 bridgehead atoms. The molecule has 1 amide bonds. The van der Waals surface area contributed by atoms with Gasteiger partial charge >= 0.3 is 12.1 Å². The smallest absolute Gasteiger partial charge is 0.394 e. The summed E-state index contributed by atoms with van der Waals surface area (Å²) in [5, 5.41) is 2.28. The number of nitrogens with zero attached hydrogens (tertiary/aromatic N) is 6. The van der Waals surface area contributed by atoms with Crippen molar-refractivity contribution in [2.45, 2.75) is 38.5 Å². The van der Waals surface area contributed by atoms with Gasteiger partial charge in [-0.15, -0.1) is 11.6 Å². The van der Waals surface area contributed by atoms with Gasteiger partial charge in [0.25, 0.3) is 5.91 Å². The molecule has 2 N–H and O–H groups in total. The Morgan fingerprint density at radius 2 is 1.87 bits per heavy atom. The zero-order chi connectivity index (χ0) is 32.6. The number of aromatic amines is 1. The van der Waals surface area contributed by atoms with Crippen LogP contribution < -0.4 is 20.7 Å². The molecule has 4 heterocycles. The molecule has 2 aromatic heterocycles. The number of hydrogen-bond acceptors (Lipinski definition) is 7. The van der Waals surface area contributed by atoms with Crippen molar-refractivity contribution in [3.05, 3.63) is 86.8 Å². The van der Waals surface area contributed by atoms with E-state index in [4.69, 9.17) is 6.57 Å². The van der Waals surface area contributed by atoms with Crippen LogP contribution in [-0.4, -0.2) is 71.1 Å². The maximum atomic E-state index is 16.5. The van der Waals surface area contributed by atoms with Crippen molar-refractivity contribution in [2.75, 3.05) is 48.3 Å². The summed E-state index contributed by atoms with van der Waals surface area (Å²) < 4.78 is 73.6. The number of rotatable bonds is 5. The van der Waals surface area contributed by atoms with E-state index in [2.05, 4.69) is 30.0 Å². The third-order valence-electron chi connectivity index (χ3n) is 8.19. The molecular weight excluding hydrogens is 599 g/mol. The maximum Gasteiger partial charge on any atom is 0.417 e. The van der Waals surface area contributed by atoms with E-state index in [1.807, 2.05) is 20.9 Å². The molecule has 0 spiro atoms. The molecule has 5 rings (SSSR count). The maximum absolute atomic E-state index is 16.5. The Bertz CT molecular complexity index is 1750. The number of hydrogen-bond donors (Lipinski definition) is 2. The monoisotopic (exact) mass is 628 g/mol. The number of likely N-dealkylation sites (N-methyl/N-ethyl adjacent to an activating group) is 1. The Morgan fingerprint density at radius 3 is 2.49 bits per heavy atom. The number of anilines is 3. The van der Waals surface area contributed by atoms with Crippen LogP contribution in [0.15, 0.2) is 41.5 Å². The van der Waals surface area contributed by atoms with Crippen molar-refractivity contribution in [1.29, 1.82) is 0 Å². The summed E-state index contributed by atoms with van der Waals surface area (Å²) in [6.07, 6.45) is -1.23. The number of halogens is 5. The Morgan fingerprint density at radius 1 is 1.16 bits per heavy atom. The topological polar surface area (TPSA) is 102 Å². The van der Waals surface area contributed by atoms with Crippen LogP contribution in [0.4, 0.5) is 45.1 Å². The van der Waals surface area contributed by atoms with Crippen molar-refractivity contribution in [3.63, 3.8) is 0 Å². The molecule has 0 unspecified atom stereocenters. The van der Waals surface area contributed by atoms with Gasteiger partial charge in [0.15, 0.2) is 11.6 Å². The number of pyridine rings is 1. The number of carbonyl (C=O) groups is 1. The minimum atomic E-state index is -5.05. The average Bonchev–Trinajstić information content (AvgIpc) is 3.00. The van der Waals surface area contributed by atoms with Gasteiger partial charge < -0.3 is 24.9 Å². The first kappa shape index (κ1) is 31.6. The normalized spacial score (nSPS) is 19.2. The van der Waals surface area contributed by atoms with Crippen molar-refractivity contribution in [2.24, 2.45) is 0 Å². The fourth-order valence-electron chi connectivity index (χ4n) is 5.62. The molecule has 236 valence electrons. The number of piperazine rings is 1. The van der Waals surface area contributed by atoms with Crippen LogP contribution in [0.5, 0.6) is 0 Å². The Hall–Kier alpha value is -4.84. The van der Waals surface area contributed by atoms with Gasteiger partial charge in [-0.3, -0.25) is 14.5 Å². The van der Waals surface area contributed by atoms with Crippen molar-refractivity contribution in [1.82, 2.24) is 19.9 Å². The highest BCUT2D eigenvalue weighted by atomic mass is 19.4. The Balaban J connectivity index is 1.57. The van der Waals surface area contributed by atoms with E-state index < -0.39 is 51.7 Å². The summed E-state index contributed by atoms with van der Waals surface area (Å²) in [7, 11) is 1.91. The lowest BCUT2D eigenvalue weighted by molar-refractivity contribution is -0.138. The molecule has 0 saturated carbocycles. The van der Waals surface area contributed by atoms with E-state index in [-0.39, 0.29) is 42.8 Å².